The van der Waals surface area contributed by atoms with Crippen molar-refractivity contribution in [2.24, 2.45) is 0 Å². The minimum absolute atomic E-state index is 0.0962. The topological polar surface area (TPSA) is 61.4 Å². The molecule has 0 aromatic carbocycles. The molecule has 0 unspecified atom stereocenters. The molecule has 0 spiro atoms. The van der Waals surface area contributed by atoms with Crippen molar-refractivity contribution < 1.29 is 4.79 Å². The molecule has 1 saturated heterocycles. The van der Waals surface area contributed by atoms with Gasteiger partial charge in [-0.05, 0) is 13.3 Å². The summed E-state index contributed by atoms with van der Waals surface area (Å²) in [6.07, 6.45) is 5.94. The van der Waals surface area contributed by atoms with E-state index in [4.69, 9.17) is 0 Å². The van der Waals surface area contributed by atoms with Gasteiger partial charge in [0.25, 0.3) is 0 Å². The van der Waals surface area contributed by atoms with E-state index in [0.29, 0.717) is 11.8 Å². The summed E-state index contributed by atoms with van der Waals surface area (Å²) in [5.74, 6) is 0. The van der Waals surface area contributed by atoms with E-state index in [-0.39, 0.29) is 6.03 Å². The summed E-state index contributed by atoms with van der Waals surface area (Å²) in [5.41, 5.74) is 2.92. The van der Waals surface area contributed by atoms with E-state index in [0.717, 1.165) is 17.8 Å². The molecular weight excluding hydrogens is 238 g/mol. The predicted octanol–water partition coefficient (Wildman–Crippen LogP) is 1.38. The van der Waals surface area contributed by atoms with E-state index in [9.17, 15) is 4.79 Å². The summed E-state index contributed by atoms with van der Waals surface area (Å²) in [6, 6.07) is -0.0962. The lowest BCUT2D eigenvalue weighted by Gasteiger charge is -2.08. The second-order valence-corrected chi connectivity index (χ2v) is 4.71. The number of hydrazine groups is 1. The molecule has 0 atom stereocenters. The summed E-state index contributed by atoms with van der Waals surface area (Å²) in [5, 5.41) is 11.2. The first-order valence-electron chi connectivity index (χ1n) is 5.44. The van der Waals surface area contributed by atoms with Gasteiger partial charge in [0.2, 0.25) is 5.13 Å². The minimum atomic E-state index is -0.0962. The molecule has 1 aliphatic heterocycles. The Balaban J connectivity index is 2.00. The second kappa shape index (κ2) is 5.24. The molecule has 0 radical (unpaired) electrons. The molecule has 2 amide bonds. The molecule has 1 N–H and O–H groups in total. The number of allylic oxidation sites excluding steroid dienone is 2. The maximum atomic E-state index is 11.7. The van der Waals surface area contributed by atoms with Gasteiger partial charge in [0, 0.05) is 13.5 Å². The third-order valence-corrected chi connectivity index (χ3v) is 3.44. The number of carbonyl (C=O) groups is 1. The maximum absolute atomic E-state index is 11.7. The first-order chi connectivity index (χ1) is 8.22. The number of nitrogens with one attached hydrogen (secondary N) is 1. The molecule has 1 aromatic heterocycles. The molecule has 1 fully saturated rings. The lowest BCUT2D eigenvalue weighted by atomic mass is 10.3. The van der Waals surface area contributed by atoms with E-state index in [1.807, 2.05) is 13.0 Å². The van der Waals surface area contributed by atoms with Crippen molar-refractivity contribution in [1.29, 1.82) is 0 Å². The zero-order chi connectivity index (χ0) is 12.3. The number of aromatic nitrogens is 2. The number of amides is 2. The van der Waals surface area contributed by atoms with Gasteiger partial charge in [0.05, 0.1) is 6.67 Å². The van der Waals surface area contributed by atoms with Crippen molar-refractivity contribution >= 4 is 22.5 Å². The summed E-state index contributed by atoms with van der Waals surface area (Å²) >= 11 is 1.47. The molecular formula is C10H15N5OS. The summed E-state index contributed by atoms with van der Waals surface area (Å²) < 4.78 is 0. The van der Waals surface area contributed by atoms with Crippen molar-refractivity contribution in [2.75, 3.05) is 18.6 Å². The number of urea groups is 1. The molecule has 92 valence electrons. The van der Waals surface area contributed by atoms with Crippen molar-refractivity contribution in [3.8, 4) is 0 Å². The monoisotopic (exact) mass is 253 g/mol. The van der Waals surface area contributed by atoms with Crippen molar-refractivity contribution in [3.63, 3.8) is 0 Å². The Morgan fingerprint density at radius 1 is 1.53 bits per heavy atom. The first kappa shape index (κ1) is 12.0. The van der Waals surface area contributed by atoms with Gasteiger partial charge in [-0.3, -0.25) is 9.91 Å². The molecule has 6 nitrogen and oxygen atoms in total. The van der Waals surface area contributed by atoms with Crippen molar-refractivity contribution in [2.45, 2.75) is 19.8 Å². The van der Waals surface area contributed by atoms with Crippen LogP contribution >= 0.6 is 11.3 Å². The lowest BCUT2D eigenvalue weighted by molar-refractivity contribution is 0.217. The van der Waals surface area contributed by atoms with Gasteiger partial charge in [-0.15, -0.1) is 10.2 Å². The Bertz CT molecular complexity index is 430. The number of carbonyl (C=O) groups excluding carboxylic acids is 1. The number of hydrogen-bond donors (Lipinski definition) is 1. The second-order valence-electron chi connectivity index (χ2n) is 3.67. The van der Waals surface area contributed by atoms with Crippen LogP contribution in [0, 0.1) is 0 Å². The Kier molecular flexibility index (Phi) is 3.70. The number of hydrogen-bond acceptors (Lipinski definition) is 5. The molecule has 17 heavy (non-hydrogen) atoms. The molecule has 0 bridgehead atoms. The average Bonchev–Trinajstić information content (AvgIpc) is 2.89. The average molecular weight is 253 g/mol. The molecule has 1 aromatic rings. The van der Waals surface area contributed by atoms with E-state index in [1.165, 1.54) is 16.3 Å². The Morgan fingerprint density at radius 3 is 3.00 bits per heavy atom. The van der Waals surface area contributed by atoms with Gasteiger partial charge in [-0.25, -0.2) is 10.2 Å². The van der Waals surface area contributed by atoms with E-state index in [2.05, 4.69) is 21.7 Å². The third-order valence-electron chi connectivity index (χ3n) is 2.43. The number of aryl methyl sites for hydroxylation is 1. The fourth-order valence-electron chi connectivity index (χ4n) is 1.47. The highest BCUT2D eigenvalue weighted by Crippen LogP contribution is 2.23. The fourth-order valence-corrected chi connectivity index (χ4v) is 2.32. The van der Waals surface area contributed by atoms with Gasteiger partial charge in [-0.1, -0.05) is 23.5 Å². The molecule has 1 aliphatic rings. The standard InChI is InChI=1S/C10H15N5OS/c1-3-4-5-6-8-12-13-9(17-8)15-7-11-14(2)10(15)16/h3-4,11H,5-7H2,1-2H3. The van der Waals surface area contributed by atoms with Gasteiger partial charge in [0.1, 0.15) is 5.01 Å². The van der Waals surface area contributed by atoms with Crippen LogP contribution in [0.1, 0.15) is 18.4 Å². The van der Waals surface area contributed by atoms with Crippen LogP contribution < -0.4 is 10.3 Å². The van der Waals surface area contributed by atoms with Crippen LogP contribution in [0.15, 0.2) is 12.2 Å². The highest BCUT2D eigenvalue weighted by Gasteiger charge is 2.28. The molecule has 2 rings (SSSR count). The van der Waals surface area contributed by atoms with Crippen LogP contribution in [-0.4, -0.2) is 35.0 Å². The van der Waals surface area contributed by atoms with Gasteiger partial charge in [0.15, 0.2) is 0 Å². The normalized spacial score (nSPS) is 16.5. The van der Waals surface area contributed by atoms with Crippen LogP contribution in [0.2, 0.25) is 0 Å². The quantitative estimate of drug-likeness (QED) is 0.823. The van der Waals surface area contributed by atoms with Crippen molar-refractivity contribution in [1.82, 2.24) is 20.6 Å². The molecule has 0 saturated carbocycles. The maximum Gasteiger partial charge on any atom is 0.341 e. The SMILES string of the molecule is CC=CCCc1nnc(N2CNN(C)C2=O)s1. The molecule has 2 heterocycles. The highest BCUT2D eigenvalue weighted by atomic mass is 32.1. The van der Waals surface area contributed by atoms with Gasteiger partial charge < -0.3 is 0 Å². The van der Waals surface area contributed by atoms with Crippen LogP contribution in [-0.2, 0) is 6.42 Å². The van der Waals surface area contributed by atoms with Gasteiger partial charge >= 0.3 is 6.03 Å². The summed E-state index contributed by atoms with van der Waals surface area (Å²) in [7, 11) is 1.69. The third kappa shape index (κ3) is 2.62. The van der Waals surface area contributed by atoms with Crippen LogP contribution in [0.5, 0.6) is 0 Å². The lowest BCUT2D eigenvalue weighted by Crippen LogP contribution is -2.31. The van der Waals surface area contributed by atoms with Crippen LogP contribution in [0.4, 0.5) is 9.93 Å². The minimum Gasteiger partial charge on any atom is -0.261 e. The van der Waals surface area contributed by atoms with Gasteiger partial charge in [-0.2, -0.15) is 0 Å². The first-order valence-corrected chi connectivity index (χ1v) is 6.26. The Labute approximate surface area is 104 Å². The van der Waals surface area contributed by atoms with Crippen molar-refractivity contribution in [3.05, 3.63) is 17.2 Å². The summed E-state index contributed by atoms with van der Waals surface area (Å²) in [4.78, 5) is 13.3. The van der Waals surface area contributed by atoms with E-state index < -0.39 is 0 Å². The van der Waals surface area contributed by atoms with Crippen LogP contribution in [0.3, 0.4) is 0 Å². The van der Waals surface area contributed by atoms with Crippen LogP contribution in [0.25, 0.3) is 0 Å². The summed E-state index contributed by atoms with van der Waals surface area (Å²) in [6.45, 7) is 2.45. The number of anilines is 1. The fraction of sp³-hybridized carbons (Fsp3) is 0.500. The predicted molar refractivity (Wildman–Crippen MR) is 66.7 cm³/mol. The smallest absolute Gasteiger partial charge is 0.261 e. The number of nitrogens with zero attached hydrogens (tertiary/aromatic N) is 4. The zero-order valence-corrected chi connectivity index (χ0v) is 10.7. The van der Waals surface area contributed by atoms with E-state index in [1.54, 1.807) is 11.9 Å². The molecule has 7 heteroatoms. The van der Waals surface area contributed by atoms with E-state index >= 15 is 0 Å². The highest BCUT2D eigenvalue weighted by molar-refractivity contribution is 7.15. The largest absolute Gasteiger partial charge is 0.341 e. The zero-order valence-electron chi connectivity index (χ0n) is 9.88. The number of rotatable bonds is 4. The Morgan fingerprint density at radius 2 is 2.35 bits per heavy atom. The molecule has 0 aliphatic carbocycles. The Hall–Kier alpha value is -1.47.